The molecule has 0 aliphatic heterocycles. The van der Waals surface area contributed by atoms with Crippen LogP contribution in [0.25, 0.3) is 0 Å². The van der Waals surface area contributed by atoms with Gasteiger partial charge in [0.2, 0.25) is 0 Å². The Kier molecular flexibility index (Phi) is 26.4. The van der Waals surface area contributed by atoms with Crippen molar-refractivity contribution in [3.63, 3.8) is 0 Å². The molecule has 0 N–H and O–H groups in total. The molecule has 0 radical (unpaired) electrons. The Morgan fingerprint density at radius 3 is 1.10 bits per heavy atom. The van der Waals surface area contributed by atoms with Gasteiger partial charge in [0, 0.05) is 0 Å². The van der Waals surface area contributed by atoms with Crippen molar-refractivity contribution in [1.29, 1.82) is 0 Å². The molecule has 0 unspecified atom stereocenters. The predicted molar refractivity (Wildman–Crippen MR) is 132 cm³/mol. The molecule has 0 aromatic heterocycles. The first-order valence-electron chi connectivity index (χ1n) is 13.2. The smallest absolute Gasteiger partial charge is 0.142 e. The van der Waals surface area contributed by atoms with Gasteiger partial charge >= 0.3 is 0 Å². The average Bonchev–Trinajstić information content (AvgIpc) is 2.74. The van der Waals surface area contributed by atoms with Crippen LogP contribution in [-0.4, -0.2) is 6.29 Å². The second-order valence-corrected chi connectivity index (χ2v) is 8.81. The van der Waals surface area contributed by atoms with Crippen LogP contribution < -0.4 is 0 Å². The number of hydrogen-bond donors (Lipinski definition) is 0. The second-order valence-electron chi connectivity index (χ2n) is 8.81. The van der Waals surface area contributed by atoms with Gasteiger partial charge in [-0.15, -0.1) is 0 Å². The van der Waals surface area contributed by atoms with Crippen molar-refractivity contribution >= 4 is 6.29 Å². The Bertz CT molecular complexity index is 355. The van der Waals surface area contributed by atoms with E-state index in [1.807, 2.05) is 12.2 Å². The third kappa shape index (κ3) is 27.1. The first-order chi connectivity index (χ1) is 14.4. The van der Waals surface area contributed by atoms with Gasteiger partial charge < -0.3 is 0 Å². The molecule has 0 heterocycles. The van der Waals surface area contributed by atoms with Crippen LogP contribution in [0.3, 0.4) is 0 Å². The first kappa shape index (κ1) is 28.1. The van der Waals surface area contributed by atoms with Crippen LogP contribution in [0.1, 0.15) is 148 Å². The maximum Gasteiger partial charge on any atom is 0.142 e. The number of unbranched alkanes of at least 4 members (excludes halogenated alkanes) is 21. The van der Waals surface area contributed by atoms with Gasteiger partial charge in [-0.1, -0.05) is 154 Å². The lowest BCUT2D eigenvalue weighted by Crippen LogP contribution is -1.84. The number of rotatable bonds is 24. The highest BCUT2D eigenvalue weighted by atomic mass is 16.1. The molecule has 0 saturated carbocycles. The largest absolute Gasteiger partial charge is 0.299 e. The minimum absolute atomic E-state index is 0.822. The fourth-order valence-electron chi connectivity index (χ4n) is 3.98. The Hall–Kier alpha value is -0.850. The highest BCUT2D eigenvalue weighted by Gasteiger charge is 1.95. The maximum absolute atomic E-state index is 10.1. The summed E-state index contributed by atoms with van der Waals surface area (Å²) < 4.78 is 0. The molecule has 0 aliphatic rings. The lowest BCUT2D eigenvalue weighted by atomic mass is 10.0. The molecule has 0 rings (SSSR count). The Morgan fingerprint density at radius 1 is 0.414 bits per heavy atom. The molecule has 0 amide bonds. The fraction of sp³-hybridized carbons (Fsp3) is 0.821. The van der Waals surface area contributed by atoms with Gasteiger partial charge in [-0.3, -0.25) is 4.79 Å². The van der Waals surface area contributed by atoms with Crippen LogP contribution in [0.4, 0.5) is 0 Å². The molecular weight excluding hydrogens is 352 g/mol. The molecule has 29 heavy (non-hydrogen) atoms. The van der Waals surface area contributed by atoms with E-state index in [1.54, 1.807) is 0 Å². The third-order valence-electron chi connectivity index (χ3n) is 5.91. The summed E-state index contributed by atoms with van der Waals surface area (Å²) in [4.78, 5) is 10.1. The summed E-state index contributed by atoms with van der Waals surface area (Å²) >= 11 is 0. The maximum atomic E-state index is 10.1. The van der Waals surface area contributed by atoms with E-state index < -0.39 is 0 Å². The third-order valence-corrected chi connectivity index (χ3v) is 5.91. The average molecular weight is 405 g/mol. The zero-order valence-corrected chi connectivity index (χ0v) is 19.9. The molecule has 0 fully saturated rings. The van der Waals surface area contributed by atoms with E-state index in [0.29, 0.717) is 0 Å². The van der Waals surface area contributed by atoms with E-state index in [1.165, 1.54) is 141 Å². The molecular formula is C28H52O. The Balaban J connectivity index is 3.04. The summed E-state index contributed by atoms with van der Waals surface area (Å²) in [7, 11) is 0. The molecule has 0 aliphatic carbocycles. The van der Waals surface area contributed by atoms with Gasteiger partial charge in [-0.2, -0.15) is 0 Å². The number of carbonyl (C=O) groups excluding carboxylic acids is 1. The van der Waals surface area contributed by atoms with Crippen LogP contribution in [0.5, 0.6) is 0 Å². The highest BCUT2D eigenvalue weighted by molar-refractivity contribution is 5.65. The van der Waals surface area contributed by atoms with Gasteiger partial charge in [0.05, 0.1) is 0 Å². The van der Waals surface area contributed by atoms with Crippen molar-refractivity contribution in [2.45, 2.75) is 148 Å². The summed E-state index contributed by atoms with van der Waals surface area (Å²) in [6.45, 7) is 2.30. The van der Waals surface area contributed by atoms with Gasteiger partial charge in [0.1, 0.15) is 6.29 Å². The van der Waals surface area contributed by atoms with Crippen LogP contribution in [0.15, 0.2) is 24.3 Å². The zero-order valence-electron chi connectivity index (χ0n) is 19.9. The number of aldehydes is 1. The van der Waals surface area contributed by atoms with Gasteiger partial charge in [-0.05, 0) is 18.9 Å². The van der Waals surface area contributed by atoms with E-state index in [0.717, 1.165) is 12.7 Å². The van der Waals surface area contributed by atoms with Gasteiger partial charge in [0.15, 0.2) is 0 Å². The van der Waals surface area contributed by atoms with E-state index >= 15 is 0 Å². The van der Waals surface area contributed by atoms with E-state index in [2.05, 4.69) is 13.0 Å². The fourth-order valence-corrected chi connectivity index (χ4v) is 3.98. The molecule has 0 atom stereocenters. The normalized spacial score (nSPS) is 11.8. The monoisotopic (exact) mass is 404 g/mol. The zero-order chi connectivity index (χ0) is 21.1. The summed E-state index contributed by atoms with van der Waals surface area (Å²) in [6.07, 6.45) is 39.6. The SMILES string of the molecule is CCCCCCCCCCCCCCCCCCCCCCC/C=C/C=C/C=O. The van der Waals surface area contributed by atoms with Crippen molar-refractivity contribution in [3.8, 4) is 0 Å². The molecule has 0 saturated heterocycles. The van der Waals surface area contributed by atoms with Crippen LogP contribution in [0.2, 0.25) is 0 Å². The minimum atomic E-state index is 0.822. The molecule has 0 aromatic rings. The van der Waals surface area contributed by atoms with Crippen molar-refractivity contribution in [2.24, 2.45) is 0 Å². The van der Waals surface area contributed by atoms with Crippen molar-refractivity contribution in [2.75, 3.05) is 0 Å². The van der Waals surface area contributed by atoms with E-state index in [9.17, 15) is 4.79 Å². The number of hydrogen-bond acceptors (Lipinski definition) is 1. The molecule has 1 nitrogen and oxygen atoms in total. The second kappa shape index (κ2) is 27.1. The first-order valence-corrected chi connectivity index (χ1v) is 13.2. The summed E-state index contributed by atoms with van der Waals surface area (Å²) in [5, 5.41) is 0. The topological polar surface area (TPSA) is 17.1 Å². The van der Waals surface area contributed by atoms with Gasteiger partial charge in [-0.25, -0.2) is 0 Å². The summed E-state index contributed by atoms with van der Waals surface area (Å²) in [5.41, 5.74) is 0. The highest BCUT2D eigenvalue weighted by Crippen LogP contribution is 2.15. The molecule has 0 bridgehead atoms. The number of carbonyl (C=O) groups is 1. The summed E-state index contributed by atoms with van der Waals surface area (Å²) in [6, 6.07) is 0. The standard InChI is InChI=1S/C28H52O/c1-2-3-4-5-6-7-8-9-10-11-12-13-14-15-16-17-18-19-20-21-22-23-24-25-26-27-28-29/h24-28H,2-23H2,1H3/b25-24+,27-26+. The Morgan fingerprint density at radius 2 is 0.759 bits per heavy atom. The molecule has 170 valence electrons. The minimum Gasteiger partial charge on any atom is -0.299 e. The summed E-state index contributed by atoms with van der Waals surface area (Å²) in [5.74, 6) is 0. The lowest BCUT2D eigenvalue weighted by Gasteiger charge is -2.04. The van der Waals surface area contributed by atoms with E-state index in [-0.39, 0.29) is 0 Å². The van der Waals surface area contributed by atoms with Crippen LogP contribution in [-0.2, 0) is 4.79 Å². The van der Waals surface area contributed by atoms with Crippen LogP contribution >= 0.6 is 0 Å². The predicted octanol–water partition coefficient (Wildman–Crippen LogP) is 9.90. The van der Waals surface area contributed by atoms with Crippen molar-refractivity contribution < 1.29 is 4.79 Å². The van der Waals surface area contributed by atoms with Crippen molar-refractivity contribution in [1.82, 2.24) is 0 Å². The molecule has 0 spiro atoms. The molecule has 0 aromatic carbocycles. The van der Waals surface area contributed by atoms with Gasteiger partial charge in [0.25, 0.3) is 0 Å². The quantitative estimate of drug-likeness (QED) is 0.0676. The number of allylic oxidation sites excluding steroid dienone is 4. The van der Waals surface area contributed by atoms with Crippen molar-refractivity contribution in [3.05, 3.63) is 24.3 Å². The van der Waals surface area contributed by atoms with E-state index in [4.69, 9.17) is 0 Å². The lowest BCUT2D eigenvalue weighted by molar-refractivity contribution is -0.104. The Labute approximate surface area is 183 Å². The molecule has 1 heteroatoms. The van der Waals surface area contributed by atoms with Crippen LogP contribution in [0, 0.1) is 0 Å².